The van der Waals surface area contributed by atoms with E-state index in [1.54, 1.807) is 62.3 Å². The number of carbonyl (C=O) groups is 5. The van der Waals surface area contributed by atoms with E-state index >= 15 is 0 Å². The zero-order valence-corrected chi connectivity index (χ0v) is 24.1. The minimum Gasteiger partial charge on any atom is -0.444 e. The lowest BCUT2D eigenvalue weighted by Crippen LogP contribution is -2.48. The van der Waals surface area contributed by atoms with Crippen molar-refractivity contribution >= 4 is 36.4 Å². The van der Waals surface area contributed by atoms with Gasteiger partial charge in [0.15, 0.2) is 0 Å². The fourth-order valence-corrected chi connectivity index (χ4v) is 2.66. The maximum atomic E-state index is 12.5. The Balaban J connectivity index is 5.20. The summed E-state index contributed by atoms with van der Waals surface area (Å²) in [6, 6.07) is -0.889. The Bertz CT molecular complexity index is 806. The first kappa shape index (κ1) is 34.6. The van der Waals surface area contributed by atoms with Gasteiger partial charge in [-0.05, 0) is 81.6 Å². The maximum absolute atomic E-state index is 12.5. The lowest BCUT2D eigenvalue weighted by molar-refractivity contribution is -0.123. The summed E-state index contributed by atoms with van der Waals surface area (Å²) in [6.45, 7) is 15.6. The minimum absolute atomic E-state index is 0.148. The number of aldehydes is 1. The van der Waals surface area contributed by atoms with E-state index in [1.807, 2.05) is 0 Å². The molecule has 0 aromatic carbocycles. The molecule has 0 aliphatic heterocycles. The molecule has 0 aliphatic rings. The number of rotatable bonds is 10. The fourth-order valence-electron chi connectivity index (χ4n) is 2.66. The number of ether oxygens (including phenoxy) is 3. The molecule has 0 bridgehead atoms. The Morgan fingerprint density at radius 3 is 1.68 bits per heavy atom. The number of alkyl carbamates (subject to hydrolysis) is 3. The van der Waals surface area contributed by atoms with Crippen molar-refractivity contribution in [1.82, 2.24) is 21.3 Å². The Kier molecular flexibility index (Phi) is 14.4. The van der Waals surface area contributed by atoms with Gasteiger partial charge in [0, 0.05) is 19.5 Å². The van der Waals surface area contributed by atoms with Crippen LogP contribution in [0.2, 0.25) is 0 Å². The van der Waals surface area contributed by atoms with E-state index in [1.165, 1.54) is 0 Å². The first-order chi connectivity index (χ1) is 17.3. The molecule has 0 aliphatic carbocycles. The highest BCUT2D eigenvalue weighted by molar-refractivity contribution is 6.01. The van der Waals surface area contributed by atoms with Crippen molar-refractivity contribution < 1.29 is 38.2 Å². The maximum Gasteiger partial charge on any atom is 0.414 e. The molecular weight excluding hydrogens is 498 g/mol. The molecule has 0 saturated carbocycles. The third-order valence-corrected chi connectivity index (χ3v) is 3.98. The number of amides is 4. The number of nitrogens with one attached hydrogen (secondary N) is 4. The second-order valence-electron chi connectivity index (χ2n) is 11.4. The van der Waals surface area contributed by atoms with Gasteiger partial charge in [0.1, 0.15) is 29.1 Å². The van der Waals surface area contributed by atoms with Crippen LogP contribution in [0.5, 0.6) is 0 Å². The van der Waals surface area contributed by atoms with Gasteiger partial charge >= 0.3 is 18.3 Å². The van der Waals surface area contributed by atoms with Crippen molar-refractivity contribution in [3.8, 4) is 0 Å². The molecule has 218 valence electrons. The van der Waals surface area contributed by atoms with Crippen LogP contribution in [0.3, 0.4) is 0 Å². The highest BCUT2D eigenvalue weighted by Gasteiger charge is 2.24. The molecule has 4 amide bonds. The summed E-state index contributed by atoms with van der Waals surface area (Å²) in [5.41, 5.74) is -2.26. The molecule has 0 unspecified atom stereocenters. The van der Waals surface area contributed by atoms with Crippen LogP contribution in [0.4, 0.5) is 14.4 Å². The molecule has 38 heavy (non-hydrogen) atoms. The molecule has 13 nitrogen and oxygen atoms in total. The molecular formula is C25H45N5O8. The molecule has 0 aromatic heterocycles. The van der Waals surface area contributed by atoms with Gasteiger partial charge in [-0.1, -0.05) is 0 Å². The van der Waals surface area contributed by atoms with E-state index in [0.29, 0.717) is 19.1 Å². The number of aliphatic imine (C=N–C) groups is 1. The van der Waals surface area contributed by atoms with E-state index in [0.717, 1.165) is 0 Å². The van der Waals surface area contributed by atoms with Crippen LogP contribution in [0, 0.1) is 0 Å². The Labute approximate surface area is 225 Å². The summed E-state index contributed by atoms with van der Waals surface area (Å²) in [7, 11) is 0. The van der Waals surface area contributed by atoms with E-state index in [2.05, 4.69) is 26.3 Å². The molecule has 0 aromatic rings. The first-order valence-corrected chi connectivity index (χ1v) is 12.6. The van der Waals surface area contributed by atoms with Crippen molar-refractivity contribution in [2.75, 3.05) is 13.1 Å². The van der Waals surface area contributed by atoms with Crippen LogP contribution in [0.15, 0.2) is 4.99 Å². The van der Waals surface area contributed by atoms with Crippen molar-refractivity contribution in [1.29, 1.82) is 0 Å². The van der Waals surface area contributed by atoms with Crippen LogP contribution in [0.1, 0.15) is 88.0 Å². The zero-order valence-electron chi connectivity index (χ0n) is 24.1. The van der Waals surface area contributed by atoms with E-state index in [9.17, 15) is 24.0 Å². The molecule has 0 radical (unpaired) electrons. The summed E-state index contributed by atoms with van der Waals surface area (Å²) in [4.78, 5) is 63.8. The molecule has 1 atom stereocenters. The van der Waals surface area contributed by atoms with E-state index in [-0.39, 0.29) is 31.9 Å². The molecule has 0 rings (SSSR count). The van der Waals surface area contributed by atoms with Crippen molar-refractivity contribution in [3.05, 3.63) is 0 Å². The van der Waals surface area contributed by atoms with Gasteiger partial charge < -0.3 is 29.6 Å². The van der Waals surface area contributed by atoms with Crippen LogP contribution in [-0.4, -0.2) is 72.4 Å². The number of unbranched alkanes of at least 4 members (excludes halogenated alkanes) is 1. The molecule has 0 fully saturated rings. The summed E-state index contributed by atoms with van der Waals surface area (Å²) in [5, 5.41) is 9.94. The Morgan fingerprint density at radius 1 is 0.763 bits per heavy atom. The van der Waals surface area contributed by atoms with Crippen molar-refractivity contribution in [2.24, 2.45) is 4.99 Å². The molecule has 0 heterocycles. The van der Waals surface area contributed by atoms with Gasteiger partial charge in [-0.25, -0.2) is 14.4 Å². The second-order valence-corrected chi connectivity index (χ2v) is 11.4. The average Bonchev–Trinajstić information content (AvgIpc) is 2.68. The van der Waals surface area contributed by atoms with Crippen LogP contribution in [-0.2, 0) is 23.8 Å². The monoisotopic (exact) mass is 543 g/mol. The first-order valence-electron chi connectivity index (χ1n) is 12.6. The molecule has 4 N–H and O–H groups in total. The van der Waals surface area contributed by atoms with Crippen LogP contribution >= 0.6 is 0 Å². The number of guanidine groups is 1. The SMILES string of the molecule is CC(C)(C)OC(=O)NC(=NCCCC[C@H](NC(=O)OC(C)(C)C)C(=O)NCCC=O)NC(=O)OC(C)(C)C. The van der Waals surface area contributed by atoms with E-state index < -0.39 is 47.0 Å². The zero-order chi connectivity index (χ0) is 29.6. The fraction of sp³-hybridized carbons (Fsp3) is 0.760. The predicted octanol–water partition coefficient (Wildman–Crippen LogP) is 3.16. The lowest BCUT2D eigenvalue weighted by Gasteiger charge is -2.23. The third-order valence-electron chi connectivity index (χ3n) is 3.98. The van der Waals surface area contributed by atoms with Gasteiger partial charge in [0.2, 0.25) is 11.9 Å². The quantitative estimate of drug-likeness (QED) is 0.107. The average molecular weight is 544 g/mol. The largest absolute Gasteiger partial charge is 0.444 e. The summed E-state index contributed by atoms with van der Waals surface area (Å²) in [6.07, 6.45) is -0.351. The number of hydrogen-bond donors (Lipinski definition) is 4. The van der Waals surface area contributed by atoms with E-state index in [4.69, 9.17) is 14.2 Å². The lowest BCUT2D eigenvalue weighted by atomic mass is 10.1. The Hall–Kier alpha value is -3.38. The second kappa shape index (κ2) is 15.8. The smallest absolute Gasteiger partial charge is 0.414 e. The topological polar surface area (TPSA) is 174 Å². The van der Waals surface area contributed by atoms with Gasteiger partial charge in [0.25, 0.3) is 0 Å². The highest BCUT2D eigenvalue weighted by Crippen LogP contribution is 2.10. The summed E-state index contributed by atoms with van der Waals surface area (Å²) < 4.78 is 15.6. The number of hydrogen-bond acceptors (Lipinski definition) is 9. The van der Waals surface area contributed by atoms with Crippen molar-refractivity contribution in [3.63, 3.8) is 0 Å². The van der Waals surface area contributed by atoms with Gasteiger partial charge in [-0.3, -0.25) is 20.4 Å². The molecule has 0 saturated heterocycles. The van der Waals surface area contributed by atoms with Gasteiger partial charge in [0.05, 0.1) is 0 Å². The Morgan fingerprint density at radius 2 is 1.24 bits per heavy atom. The summed E-state index contributed by atoms with van der Waals surface area (Å²) >= 11 is 0. The van der Waals surface area contributed by atoms with Crippen molar-refractivity contribution in [2.45, 2.75) is 111 Å². The highest BCUT2D eigenvalue weighted by atomic mass is 16.6. The number of carbonyl (C=O) groups excluding carboxylic acids is 5. The van der Waals surface area contributed by atoms with Crippen LogP contribution in [0.25, 0.3) is 0 Å². The van der Waals surface area contributed by atoms with Gasteiger partial charge in [-0.15, -0.1) is 0 Å². The standard InChI is InChI=1S/C25H45N5O8/c1-23(2,3)36-20(33)28-17(18(32)26-15-12-16-31)13-10-11-14-27-19(29-21(34)37-24(4,5)6)30-22(35)38-25(7,8)9/h16-17H,10-15H2,1-9H3,(H,26,32)(H,28,33)(H2,27,29,30,34,35)/t17-/m0/s1. The van der Waals surface area contributed by atoms with Crippen LogP contribution < -0.4 is 21.3 Å². The summed E-state index contributed by atoms with van der Waals surface area (Å²) in [5.74, 6) is -0.594. The molecule has 13 heteroatoms. The van der Waals surface area contributed by atoms with Gasteiger partial charge in [-0.2, -0.15) is 0 Å². The normalized spacial score (nSPS) is 12.3. The minimum atomic E-state index is -0.889. The molecule has 0 spiro atoms. The third kappa shape index (κ3) is 19.8. The number of nitrogens with zero attached hydrogens (tertiary/aromatic N) is 1. The predicted molar refractivity (Wildman–Crippen MR) is 142 cm³/mol.